The van der Waals surface area contributed by atoms with Crippen LogP contribution in [0.1, 0.15) is 12.2 Å². The van der Waals surface area contributed by atoms with Crippen LogP contribution in [0.25, 0.3) is 0 Å². The van der Waals surface area contributed by atoms with E-state index in [1.54, 1.807) is 13.2 Å². The van der Waals surface area contributed by atoms with Gasteiger partial charge < -0.3 is 14.6 Å². The van der Waals surface area contributed by atoms with Crippen LogP contribution in [0.15, 0.2) is 12.4 Å². The molecule has 0 spiro atoms. The number of likely N-dealkylation sites (N-methyl/N-ethyl adjacent to an activating group) is 1. The monoisotopic (exact) mass is 297 g/mol. The van der Waals surface area contributed by atoms with Gasteiger partial charge in [-0.3, -0.25) is 0 Å². The maximum atomic E-state index is 12.7. The highest BCUT2D eigenvalue weighted by Crippen LogP contribution is 2.22. The van der Waals surface area contributed by atoms with Gasteiger partial charge in [-0.1, -0.05) is 0 Å². The molecule has 0 aliphatic carbocycles. The van der Waals surface area contributed by atoms with Gasteiger partial charge in [0.15, 0.2) is 0 Å². The average molecular weight is 297 g/mol. The molecule has 1 N–H and O–H groups in total. The molecule has 1 aromatic rings. The summed E-state index contributed by atoms with van der Waals surface area (Å²) in [4.78, 5) is 4.14. The first-order valence-electron chi connectivity index (χ1n) is 6.24. The van der Waals surface area contributed by atoms with Gasteiger partial charge in [-0.15, -0.1) is 0 Å². The normalized spacial score (nSPS) is 13.9. The van der Waals surface area contributed by atoms with Crippen LogP contribution in [0.2, 0.25) is 0 Å². The van der Waals surface area contributed by atoms with E-state index in [0.717, 1.165) is 5.82 Å². The van der Waals surface area contributed by atoms with Gasteiger partial charge >= 0.3 is 12.3 Å². The van der Waals surface area contributed by atoms with Gasteiger partial charge in [0.2, 0.25) is 0 Å². The molecule has 0 radical (unpaired) electrons. The Balaban J connectivity index is 2.31. The highest BCUT2D eigenvalue weighted by Gasteiger charge is 2.41. The summed E-state index contributed by atoms with van der Waals surface area (Å²) in [6.45, 7) is -1.32. The van der Waals surface area contributed by atoms with Crippen LogP contribution in [0.4, 0.5) is 17.6 Å². The smallest absolute Gasteiger partial charge is 0.330 e. The number of halogens is 4. The Labute approximate surface area is 115 Å². The molecule has 0 saturated carbocycles. The maximum Gasteiger partial charge on any atom is 0.330 e. The Bertz CT molecular complexity index is 398. The van der Waals surface area contributed by atoms with Crippen LogP contribution in [-0.2, 0) is 18.2 Å². The topological polar surface area (TPSA) is 39.1 Å². The molecule has 116 valence electrons. The summed E-state index contributed by atoms with van der Waals surface area (Å²) in [6.07, 6.45) is 1.03. The van der Waals surface area contributed by atoms with Crippen LogP contribution >= 0.6 is 0 Å². The van der Waals surface area contributed by atoms with Crippen LogP contribution in [0.3, 0.4) is 0 Å². The van der Waals surface area contributed by atoms with Crippen LogP contribution < -0.4 is 5.32 Å². The van der Waals surface area contributed by atoms with Crippen molar-refractivity contribution in [3.8, 4) is 0 Å². The second-order valence-corrected chi connectivity index (χ2v) is 4.56. The van der Waals surface area contributed by atoms with Crippen molar-refractivity contribution in [3.63, 3.8) is 0 Å². The highest BCUT2D eigenvalue weighted by molar-refractivity contribution is 4.92. The lowest BCUT2D eigenvalue weighted by Gasteiger charge is -2.19. The van der Waals surface area contributed by atoms with Crippen LogP contribution in [0.5, 0.6) is 0 Å². The number of aromatic nitrogens is 2. The molecule has 0 aliphatic rings. The molecule has 4 nitrogen and oxygen atoms in total. The summed E-state index contributed by atoms with van der Waals surface area (Å²) in [7, 11) is 3.52. The first kappa shape index (κ1) is 16.9. The van der Waals surface area contributed by atoms with Crippen LogP contribution in [0, 0.1) is 0 Å². The molecule has 0 aromatic carbocycles. The Hall–Kier alpha value is -1.15. The molecule has 0 amide bonds. The Morgan fingerprint density at radius 1 is 1.45 bits per heavy atom. The second kappa shape index (κ2) is 7.58. The van der Waals surface area contributed by atoms with Crippen molar-refractivity contribution < 1.29 is 22.3 Å². The number of hydrogen-bond acceptors (Lipinski definition) is 3. The number of imidazole rings is 1. The van der Waals surface area contributed by atoms with E-state index in [9.17, 15) is 17.6 Å². The van der Waals surface area contributed by atoms with Crippen molar-refractivity contribution in [2.75, 3.05) is 20.3 Å². The van der Waals surface area contributed by atoms with Crippen molar-refractivity contribution >= 4 is 0 Å². The summed E-state index contributed by atoms with van der Waals surface area (Å²) in [5, 5.41) is 2.91. The van der Waals surface area contributed by atoms with Gasteiger partial charge in [0, 0.05) is 31.9 Å². The lowest BCUT2D eigenvalue weighted by molar-refractivity contribution is -0.167. The summed E-state index contributed by atoms with van der Waals surface area (Å²) < 4.78 is 55.7. The van der Waals surface area contributed by atoms with E-state index >= 15 is 0 Å². The third-order valence-corrected chi connectivity index (χ3v) is 2.98. The largest absolute Gasteiger partial charge is 0.373 e. The predicted octanol–water partition coefficient (Wildman–Crippen LogP) is 1.86. The number of ether oxygens (including phenoxy) is 1. The number of nitrogens with zero attached hydrogens (tertiary/aromatic N) is 2. The first-order chi connectivity index (χ1) is 9.36. The van der Waals surface area contributed by atoms with Crippen molar-refractivity contribution in [3.05, 3.63) is 18.2 Å². The summed E-state index contributed by atoms with van der Waals surface area (Å²) >= 11 is 0. The number of nitrogens with one attached hydrogen (secondary N) is 1. The van der Waals surface area contributed by atoms with E-state index in [1.807, 2.05) is 17.8 Å². The molecule has 1 rings (SSSR count). The van der Waals surface area contributed by atoms with Crippen molar-refractivity contribution in [2.24, 2.45) is 7.05 Å². The molecular weight excluding hydrogens is 278 g/mol. The fourth-order valence-electron chi connectivity index (χ4n) is 1.65. The minimum atomic E-state index is -4.10. The zero-order valence-corrected chi connectivity index (χ0v) is 11.5. The lowest BCUT2D eigenvalue weighted by Crippen LogP contribution is -2.36. The number of alkyl halides is 4. The minimum absolute atomic E-state index is 0.0523. The minimum Gasteiger partial charge on any atom is -0.373 e. The number of hydrogen-bond donors (Lipinski definition) is 1. The Morgan fingerprint density at radius 3 is 2.65 bits per heavy atom. The zero-order chi connectivity index (χ0) is 15.2. The number of aryl methyl sites for hydroxylation is 2. The summed E-state index contributed by atoms with van der Waals surface area (Å²) in [6, 6.07) is -0.194. The summed E-state index contributed by atoms with van der Waals surface area (Å²) in [5.74, 6) is -3.24. The fourth-order valence-corrected chi connectivity index (χ4v) is 1.65. The molecule has 1 aromatic heterocycles. The second-order valence-electron chi connectivity index (χ2n) is 4.56. The predicted molar refractivity (Wildman–Crippen MR) is 66.1 cm³/mol. The van der Waals surface area contributed by atoms with Crippen molar-refractivity contribution in [1.29, 1.82) is 0 Å². The molecule has 1 atom stereocenters. The third kappa shape index (κ3) is 5.09. The van der Waals surface area contributed by atoms with Gasteiger partial charge in [0.1, 0.15) is 12.4 Å². The van der Waals surface area contributed by atoms with Gasteiger partial charge in [0.05, 0.1) is 6.61 Å². The summed E-state index contributed by atoms with van der Waals surface area (Å²) in [5.41, 5.74) is 0. The first-order valence-corrected chi connectivity index (χ1v) is 6.24. The molecule has 8 heteroatoms. The zero-order valence-electron chi connectivity index (χ0n) is 11.5. The standard InChI is InChI=1S/C12H19F4N3O/c1-17-9(3-4-10-18-5-6-19(10)2)7-20-8-12(15,16)11(13)14/h5-6,9,11,17H,3-4,7-8H2,1-2H3. The Morgan fingerprint density at radius 2 is 2.15 bits per heavy atom. The van der Waals surface area contributed by atoms with Crippen molar-refractivity contribution in [2.45, 2.75) is 31.2 Å². The van der Waals surface area contributed by atoms with Crippen molar-refractivity contribution in [1.82, 2.24) is 14.9 Å². The maximum absolute atomic E-state index is 12.7. The Kier molecular flexibility index (Phi) is 6.41. The lowest BCUT2D eigenvalue weighted by atomic mass is 10.1. The third-order valence-electron chi connectivity index (χ3n) is 2.98. The molecule has 0 saturated heterocycles. The SMILES string of the molecule is CNC(CCc1nccn1C)COCC(F)(F)C(F)F. The highest BCUT2D eigenvalue weighted by atomic mass is 19.3. The molecule has 0 bridgehead atoms. The molecule has 1 heterocycles. The van der Waals surface area contributed by atoms with E-state index in [1.165, 1.54) is 0 Å². The molecule has 0 fully saturated rings. The van der Waals surface area contributed by atoms with E-state index < -0.39 is 19.0 Å². The average Bonchev–Trinajstić information content (AvgIpc) is 2.79. The van der Waals surface area contributed by atoms with Gasteiger partial charge in [-0.05, 0) is 13.5 Å². The van der Waals surface area contributed by atoms with E-state index in [2.05, 4.69) is 10.3 Å². The van der Waals surface area contributed by atoms with E-state index in [-0.39, 0.29) is 12.6 Å². The fraction of sp³-hybridized carbons (Fsp3) is 0.750. The van der Waals surface area contributed by atoms with Gasteiger partial charge in [0.25, 0.3) is 0 Å². The van der Waals surface area contributed by atoms with Crippen LogP contribution in [-0.4, -0.2) is 48.2 Å². The molecular formula is C12H19F4N3O. The van der Waals surface area contributed by atoms with Gasteiger partial charge in [-0.25, -0.2) is 13.8 Å². The van der Waals surface area contributed by atoms with Gasteiger partial charge in [-0.2, -0.15) is 8.78 Å². The quantitative estimate of drug-likeness (QED) is 0.707. The van der Waals surface area contributed by atoms with E-state index in [4.69, 9.17) is 4.74 Å². The molecule has 1 unspecified atom stereocenters. The number of rotatable bonds is 9. The molecule has 0 aliphatic heterocycles. The molecule has 20 heavy (non-hydrogen) atoms. The van der Waals surface area contributed by atoms with E-state index in [0.29, 0.717) is 12.8 Å².